The third-order valence-electron chi connectivity index (χ3n) is 6.78. The molecule has 1 saturated carbocycles. The van der Waals surface area contributed by atoms with Crippen molar-refractivity contribution in [2.24, 2.45) is 5.41 Å². The van der Waals surface area contributed by atoms with Crippen LogP contribution in [0.1, 0.15) is 40.2 Å². The lowest BCUT2D eigenvalue weighted by Crippen LogP contribution is -2.47. The molecule has 0 amide bonds. The van der Waals surface area contributed by atoms with E-state index in [4.69, 9.17) is 0 Å². The molecular formula is C22H20F6S. The minimum Gasteiger partial charge on any atom is -0.194 e. The van der Waals surface area contributed by atoms with Crippen molar-refractivity contribution < 1.29 is 26.3 Å². The van der Waals surface area contributed by atoms with Gasteiger partial charge >= 0.3 is 17.8 Å². The van der Waals surface area contributed by atoms with Gasteiger partial charge in [0.15, 0.2) is 0 Å². The number of hydrogen-bond donors (Lipinski definition) is 0. The van der Waals surface area contributed by atoms with E-state index in [1.165, 1.54) is 23.9 Å². The first-order chi connectivity index (χ1) is 13.1. The van der Waals surface area contributed by atoms with Gasteiger partial charge in [0.05, 0.1) is 4.75 Å². The number of fused-ring (bicyclic) bond motifs is 2. The molecule has 0 radical (unpaired) electrons. The van der Waals surface area contributed by atoms with Crippen LogP contribution in [0.3, 0.4) is 0 Å². The van der Waals surface area contributed by atoms with E-state index in [1.54, 1.807) is 52.8 Å². The van der Waals surface area contributed by atoms with Crippen LogP contribution in [0.15, 0.2) is 57.5 Å². The molecule has 0 saturated heterocycles. The van der Waals surface area contributed by atoms with E-state index in [0.29, 0.717) is 10.5 Å². The van der Waals surface area contributed by atoms with Crippen molar-refractivity contribution in [2.45, 2.75) is 57.1 Å². The lowest BCUT2D eigenvalue weighted by atomic mass is 9.60. The molecule has 1 aromatic carbocycles. The zero-order valence-corrected chi connectivity index (χ0v) is 17.4. The van der Waals surface area contributed by atoms with Crippen LogP contribution in [0.4, 0.5) is 26.3 Å². The Bertz CT molecular complexity index is 1010. The van der Waals surface area contributed by atoms with Gasteiger partial charge in [0.1, 0.15) is 0 Å². The molecule has 1 fully saturated rings. The van der Waals surface area contributed by atoms with Crippen molar-refractivity contribution in [2.75, 3.05) is 0 Å². The van der Waals surface area contributed by atoms with Crippen LogP contribution in [-0.2, 0) is 0 Å². The Kier molecular flexibility index (Phi) is 3.94. The summed E-state index contributed by atoms with van der Waals surface area (Å²) in [6.07, 6.45) is 0. The topological polar surface area (TPSA) is 0 Å². The predicted octanol–water partition coefficient (Wildman–Crippen LogP) is 7.50. The number of hydrogen-bond acceptors (Lipinski definition) is 1. The lowest BCUT2D eigenvalue weighted by molar-refractivity contribution is -0.257. The van der Waals surface area contributed by atoms with Crippen molar-refractivity contribution in [3.63, 3.8) is 0 Å². The molecule has 1 atom stereocenters. The maximum Gasteiger partial charge on any atom is 0.380 e. The molecule has 0 bridgehead atoms. The minimum atomic E-state index is -5.51. The molecule has 0 aromatic heterocycles. The van der Waals surface area contributed by atoms with Crippen molar-refractivity contribution in [3.05, 3.63) is 63.1 Å². The maximum atomic E-state index is 15.1. The highest BCUT2D eigenvalue weighted by Crippen LogP contribution is 2.74. The van der Waals surface area contributed by atoms with E-state index >= 15 is 17.6 Å². The van der Waals surface area contributed by atoms with E-state index in [1.807, 2.05) is 0 Å². The minimum absolute atomic E-state index is 0.0819. The molecule has 0 spiro atoms. The smallest absolute Gasteiger partial charge is 0.194 e. The first-order valence-corrected chi connectivity index (χ1v) is 10.0. The fourth-order valence-corrected chi connectivity index (χ4v) is 6.47. The number of rotatable bonds is 1. The number of alkyl halides is 6. The van der Waals surface area contributed by atoms with Crippen LogP contribution < -0.4 is 0 Å². The van der Waals surface area contributed by atoms with E-state index < -0.39 is 39.1 Å². The van der Waals surface area contributed by atoms with E-state index in [2.05, 4.69) is 0 Å². The van der Waals surface area contributed by atoms with Crippen LogP contribution in [0, 0.1) is 5.41 Å². The molecule has 0 unspecified atom stereocenters. The molecule has 2 aliphatic carbocycles. The molecule has 156 valence electrons. The maximum absolute atomic E-state index is 15.1. The zero-order valence-electron chi connectivity index (χ0n) is 16.6. The summed E-state index contributed by atoms with van der Waals surface area (Å²) in [7, 11) is 0. The summed E-state index contributed by atoms with van der Waals surface area (Å²) >= 11 is 1.28. The first-order valence-electron chi connectivity index (χ1n) is 9.20. The van der Waals surface area contributed by atoms with Gasteiger partial charge in [-0.2, -0.15) is 26.3 Å². The Balaban J connectivity index is 2.27. The summed E-state index contributed by atoms with van der Waals surface area (Å²) in [5.74, 6) is -15.5. The van der Waals surface area contributed by atoms with Gasteiger partial charge in [-0.1, -0.05) is 44.2 Å². The highest BCUT2D eigenvalue weighted by molar-refractivity contribution is 8.05. The number of thioether (sulfide) groups is 1. The summed E-state index contributed by atoms with van der Waals surface area (Å²) in [5.41, 5.74) is -3.13. The van der Waals surface area contributed by atoms with Crippen molar-refractivity contribution in [1.82, 2.24) is 0 Å². The van der Waals surface area contributed by atoms with Crippen molar-refractivity contribution in [1.29, 1.82) is 0 Å². The quantitative estimate of drug-likeness (QED) is 0.416. The van der Waals surface area contributed by atoms with E-state index in [0.717, 1.165) is 0 Å². The number of benzene rings is 1. The molecular weight excluding hydrogens is 410 g/mol. The summed E-state index contributed by atoms with van der Waals surface area (Å²) in [4.78, 5) is 0.672. The van der Waals surface area contributed by atoms with Gasteiger partial charge in [-0.3, -0.25) is 0 Å². The van der Waals surface area contributed by atoms with Gasteiger partial charge in [0.2, 0.25) is 0 Å². The van der Waals surface area contributed by atoms with Gasteiger partial charge in [0.25, 0.3) is 0 Å². The Labute approximate surface area is 169 Å². The molecule has 29 heavy (non-hydrogen) atoms. The van der Waals surface area contributed by atoms with Crippen LogP contribution in [0.5, 0.6) is 0 Å². The summed E-state index contributed by atoms with van der Waals surface area (Å²) in [5, 5.41) is 0. The molecule has 4 rings (SSSR count). The average molecular weight is 430 g/mol. The van der Waals surface area contributed by atoms with Gasteiger partial charge in [-0.05, 0) is 48.0 Å². The lowest BCUT2D eigenvalue weighted by Gasteiger charge is -2.49. The molecule has 7 heteroatoms. The Morgan fingerprint density at radius 1 is 0.690 bits per heavy atom. The molecule has 3 aliphatic rings. The average Bonchev–Trinajstić information content (AvgIpc) is 2.90. The second-order valence-corrected chi connectivity index (χ2v) is 10.2. The normalized spacial score (nSPS) is 31.3. The van der Waals surface area contributed by atoms with Crippen LogP contribution in [-0.4, -0.2) is 22.5 Å². The second-order valence-electron chi connectivity index (χ2n) is 8.53. The van der Waals surface area contributed by atoms with Crippen molar-refractivity contribution >= 4 is 17.3 Å². The van der Waals surface area contributed by atoms with Crippen molar-refractivity contribution in [3.8, 4) is 0 Å². The first kappa shape index (κ1) is 20.6. The van der Waals surface area contributed by atoms with Gasteiger partial charge < -0.3 is 0 Å². The SMILES string of the molecule is CC1=C(C)C2=C3C(=C(c4ccccc4)C(C)(C)[C@]2(C)S1)C(F)(F)C(F)(F)C3(F)F. The van der Waals surface area contributed by atoms with Crippen LogP contribution in [0.25, 0.3) is 5.57 Å². The highest BCUT2D eigenvalue weighted by atomic mass is 32.2. The standard InChI is InChI=1S/C22H20F6S/c1-11-12(2)29-19(5)14(11)16-17(21(25,26)22(27,28)20(16,23)24)15(18(19,3)4)13-9-7-6-8-10-13/h6-10H,1-5H3/t19-/m1/s1. The highest BCUT2D eigenvalue weighted by Gasteiger charge is 2.84. The molecule has 0 N–H and O–H groups in total. The number of halogens is 6. The predicted molar refractivity (Wildman–Crippen MR) is 103 cm³/mol. The monoisotopic (exact) mass is 430 g/mol. The Morgan fingerprint density at radius 2 is 1.17 bits per heavy atom. The fraction of sp³-hybridized carbons (Fsp3) is 0.455. The van der Waals surface area contributed by atoms with Gasteiger partial charge in [-0.15, -0.1) is 11.8 Å². The van der Waals surface area contributed by atoms with Gasteiger partial charge in [-0.25, -0.2) is 0 Å². The van der Waals surface area contributed by atoms with E-state index in [-0.39, 0.29) is 16.7 Å². The summed E-state index contributed by atoms with van der Waals surface area (Å²) in [6, 6.07) is 7.84. The molecule has 1 heterocycles. The summed E-state index contributed by atoms with van der Waals surface area (Å²) < 4.78 is 88.3. The fourth-order valence-electron chi connectivity index (χ4n) is 4.88. The second kappa shape index (κ2) is 5.54. The van der Waals surface area contributed by atoms with Crippen LogP contribution in [0.2, 0.25) is 0 Å². The summed E-state index contributed by atoms with van der Waals surface area (Å²) in [6.45, 7) is 8.27. The van der Waals surface area contributed by atoms with E-state index in [9.17, 15) is 8.78 Å². The number of allylic oxidation sites excluding steroid dienone is 5. The molecule has 1 aromatic rings. The Morgan fingerprint density at radius 3 is 1.69 bits per heavy atom. The largest absolute Gasteiger partial charge is 0.380 e. The molecule has 1 aliphatic heterocycles. The zero-order chi connectivity index (χ0) is 21.8. The third-order valence-corrected chi connectivity index (χ3v) is 8.52. The molecule has 0 nitrogen and oxygen atoms in total. The van der Waals surface area contributed by atoms with Crippen LogP contribution >= 0.6 is 11.8 Å². The third kappa shape index (κ3) is 2.10. The Hall–Kier alpha value is -1.63. The van der Waals surface area contributed by atoms with Gasteiger partial charge in [0, 0.05) is 16.6 Å².